The number of oxazole rings is 1. The summed E-state index contributed by atoms with van der Waals surface area (Å²) in [6.45, 7) is 10.3. The molecule has 1 aromatic rings. The molecule has 1 heterocycles. The minimum Gasteiger partial charge on any atom is -0.444 e. The standard InChI is InChI=1S/C12H22N2O3/c1-5-15-12(16-6-2)8-13-7-11-14-9(3)10(4)17-11/h12-13H,5-8H2,1-4H3. The molecule has 0 aromatic carbocycles. The molecule has 5 heteroatoms. The fraction of sp³-hybridized carbons (Fsp3) is 0.750. The van der Waals surface area contributed by atoms with Gasteiger partial charge in [-0.2, -0.15) is 0 Å². The van der Waals surface area contributed by atoms with Crippen molar-refractivity contribution in [2.75, 3.05) is 19.8 Å². The van der Waals surface area contributed by atoms with Gasteiger partial charge in [-0.15, -0.1) is 0 Å². The molecule has 0 radical (unpaired) electrons. The monoisotopic (exact) mass is 242 g/mol. The smallest absolute Gasteiger partial charge is 0.208 e. The third-order valence-electron chi connectivity index (χ3n) is 2.37. The lowest BCUT2D eigenvalue weighted by Crippen LogP contribution is -2.31. The molecule has 0 atom stereocenters. The number of nitrogens with zero attached hydrogens (tertiary/aromatic N) is 1. The van der Waals surface area contributed by atoms with Gasteiger partial charge in [0.15, 0.2) is 6.29 Å². The maximum absolute atomic E-state index is 5.46. The third-order valence-corrected chi connectivity index (χ3v) is 2.37. The molecule has 0 aliphatic carbocycles. The van der Waals surface area contributed by atoms with Crippen molar-refractivity contribution in [3.63, 3.8) is 0 Å². The van der Waals surface area contributed by atoms with Crippen LogP contribution in [-0.4, -0.2) is 31.0 Å². The average Bonchev–Trinajstić information content (AvgIpc) is 2.59. The van der Waals surface area contributed by atoms with Crippen molar-refractivity contribution in [1.82, 2.24) is 10.3 Å². The molecular weight excluding hydrogens is 220 g/mol. The summed E-state index contributed by atoms with van der Waals surface area (Å²) in [6.07, 6.45) is -0.206. The minimum absolute atomic E-state index is 0.206. The fourth-order valence-electron chi connectivity index (χ4n) is 1.45. The summed E-state index contributed by atoms with van der Waals surface area (Å²) in [5, 5.41) is 3.21. The third kappa shape index (κ3) is 4.85. The minimum atomic E-state index is -0.206. The maximum atomic E-state index is 5.46. The number of rotatable bonds is 8. The van der Waals surface area contributed by atoms with E-state index < -0.39 is 0 Å². The second-order valence-electron chi connectivity index (χ2n) is 3.72. The van der Waals surface area contributed by atoms with E-state index in [0.29, 0.717) is 32.2 Å². The van der Waals surface area contributed by atoms with Crippen molar-refractivity contribution in [1.29, 1.82) is 0 Å². The summed E-state index contributed by atoms with van der Waals surface area (Å²) < 4.78 is 16.3. The van der Waals surface area contributed by atoms with E-state index in [-0.39, 0.29) is 6.29 Å². The van der Waals surface area contributed by atoms with Crippen LogP contribution in [0.5, 0.6) is 0 Å². The van der Waals surface area contributed by atoms with Gasteiger partial charge < -0.3 is 19.2 Å². The zero-order chi connectivity index (χ0) is 12.7. The Hall–Kier alpha value is -0.910. The van der Waals surface area contributed by atoms with Crippen molar-refractivity contribution in [2.45, 2.75) is 40.5 Å². The van der Waals surface area contributed by atoms with Gasteiger partial charge in [0, 0.05) is 19.8 Å². The van der Waals surface area contributed by atoms with Crippen LogP contribution in [0.15, 0.2) is 4.42 Å². The van der Waals surface area contributed by atoms with Crippen molar-refractivity contribution in [3.8, 4) is 0 Å². The van der Waals surface area contributed by atoms with Crippen LogP contribution in [0.1, 0.15) is 31.2 Å². The molecule has 0 saturated heterocycles. The second kappa shape index (κ2) is 7.42. The Kier molecular flexibility index (Phi) is 6.18. The van der Waals surface area contributed by atoms with Crippen LogP contribution in [0.25, 0.3) is 0 Å². The normalized spacial score (nSPS) is 11.4. The molecule has 0 aliphatic heterocycles. The zero-order valence-electron chi connectivity index (χ0n) is 11.1. The molecular formula is C12H22N2O3. The predicted molar refractivity (Wildman–Crippen MR) is 64.7 cm³/mol. The molecule has 98 valence electrons. The van der Waals surface area contributed by atoms with Crippen LogP contribution in [0.4, 0.5) is 0 Å². The Morgan fingerprint density at radius 3 is 2.35 bits per heavy atom. The Balaban J connectivity index is 2.30. The largest absolute Gasteiger partial charge is 0.444 e. The van der Waals surface area contributed by atoms with Crippen molar-refractivity contribution >= 4 is 0 Å². The fourth-order valence-corrected chi connectivity index (χ4v) is 1.45. The van der Waals surface area contributed by atoms with Gasteiger partial charge in [-0.3, -0.25) is 0 Å². The first-order valence-corrected chi connectivity index (χ1v) is 6.04. The van der Waals surface area contributed by atoms with Gasteiger partial charge in [-0.05, 0) is 27.7 Å². The Bertz CT molecular complexity index is 300. The molecule has 1 aromatic heterocycles. The molecule has 5 nitrogen and oxygen atoms in total. The van der Waals surface area contributed by atoms with Crippen LogP contribution in [-0.2, 0) is 16.0 Å². The van der Waals surface area contributed by atoms with Gasteiger partial charge in [0.1, 0.15) is 5.76 Å². The van der Waals surface area contributed by atoms with Gasteiger partial charge in [0.25, 0.3) is 0 Å². The van der Waals surface area contributed by atoms with Gasteiger partial charge >= 0.3 is 0 Å². The van der Waals surface area contributed by atoms with E-state index in [1.165, 1.54) is 0 Å². The lowest BCUT2D eigenvalue weighted by atomic mass is 10.4. The SMILES string of the molecule is CCOC(CNCc1nc(C)c(C)o1)OCC. The summed E-state index contributed by atoms with van der Waals surface area (Å²) in [6, 6.07) is 0. The number of nitrogens with one attached hydrogen (secondary N) is 1. The van der Waals surface area contributed by atoms with Gasteiger partial charge in [-0.1, -0.05) is 0 Å². The van der Waals surface area contributed by atoms with Crippen LogP contribution in [0.2, 0.25) is 0 Å². The zero-order valence-corrected chi connectivity index (χ0v) is 11.1. The number of ether oxygens (including phenoxy) is 2. The highest BCUT2D eigenvalue weighted by molar-refractivity contribution is 5.05. The molecule has 0 spiro atoms. The quantitative estimate of drug-likeness (QED) is 0.704. The van der Waals surface area contributed by atoms with E-state index >= 15 is 0 Å². The van der Waals surface area contributed by atoms with E-state index in [1.54, 1.807) is 0 Å². The summed E-state index contributed by atoms with van der Waals surface area (Å²) in [5.41, 5.74) is 0.938. The average molecular weight is 242 g/mol. The highest BCUT2D eigenvalue weighted by Crippen LogP contribution is 2.07. The number of hydrogen-bond acceptors (Lipinski definition) is 5. The number of hydrogen-bond donors (Lipinski definition) is 1. The molecule has 1 rings (SSSR count). The Morgan fingerprint density at radius 1 is 1.24 bits per heavy atom. The Labute approximate surface area is 103 Å². The summed E-state index contributed by atoms with van der Waals surface area (Å²) in [5.74, 6) is 1.57. The molecule has 0 bridgehead atoms. The van der Waals surface area contributed by atoms with Crippen LogP contribution in [0.3, 0.4) is 0 Å². The van der Waals surface area contributed by atoms with Crippen molar-refractivity contribution in [2.24, 2.45) is 0 Å². The van der Waals surface area contributed by atoms with E-state index in [1.807, 2.05) is 27.7 Å². The van der Waals surface area contributed by atoms with Gasteiger partial charge in [0.05, 0.1) is 12.2 Å². The first-order valence-electron chi connectivity index (χ1n) is 6.04. The molecule has 1 N–H and O–H groups in total. The molecule has 0 saturated carbocycles. The number of aryl methyl sites for hydroxylation is 2. The summed E-state index contributed by atoms with van der Waals surface area (Å²) in [4.78, 5) is 4.29. The van der Waals surface area contributed by atoms with E-state index in [0.717, 1.165) is 11.5 Å². The molecule has 0 amide bonds. The maximum Gasteiger partial charge on any atom is 0.208 e. The molecule has 0 fully saturated rings. The Morgan fingerprint density at radius 2 is 1.88 bits per heavy atom. The lowest BCUT2D eigenvalue weighted by molar-refractivity contribution is -0.133. The number of aromatic nitrogens is 1. The second-order valence-corrected chi connectivity index (χ2v) is 3.72. The summed E-state index contributed by atoms with van der Waals surface area (Å²) >= 11 is 0. The molecule has 17 heavy (non-hydrogen) atoms. The van der Waals surface area contributed by atoms with Crippen LogP contribution < -0.4 is 5.32 Å². The van der Waals surface area contributed by atoms with Crippen molar-refractivity contribution < 1.29 is 13.9 Å². The van der Waals surface area contributed by atoms with Crippen LogP contribution >= 0.6 is 0 Å². The van der Waals surface area contributed by atoms with E-state index in [9.17, 15) is 0 Å². The molecule has 0 aliphatic rings. The highest BCUT2D eigenvalue weighted by Gasteiger charge is 2.09. The topological polar surface area (TPSA) is 56.5 Å². The van der Waals surface area contributed by atoms with Crippen LogP contribution in [0, 0.1) is 13.8 Å². The van der Waals surface area contributed by atoms with E-state index in [4.69, 9.17) is 13.9 Å². The molecule has 0 unspecified atom stereocenters. The lowest BCUT2D eigenvalue weighted by Gasteiger charge is -2.16. The first-order chi connectivity index (χ1) is 8.17. The highest BCUT2D eigenvalue weighted by atomic mass is 16.7. The van der Waals surface area contributed by atoms with Gasteiger partial charge in [0.2, 0.25) is 5.89 Å². The van der Waals surface area contributed by atoms with Gasteiger partial charge in [-0.25, -0.2) is 4.98 Å². The van der Waals surface area contributed by atoms with Crippen molar-refractivity contribution in [3.05, 3.63) is 17.3 Å². The van der Waals surface area contributed by atoms with E-state index in [2.05, 4.69) is 10.3 Å². The predicted octanol–water partition coefficient (Wildman–Crippen LogP) is 1.78. The first kappa shape index (κ1) is 14.2. The summed E-state index contributed by atoms with van der Waals surface area (Å²) in [7, 11) is 0.